The van der Waals surface area contributed by atoms with Crippen molar-refractivity contribution in [3.8, 4) is 17.0 Å². The Balaban J connectivity index is 1.36. The van der Waals surface area contributed by atoms with Gasteiger partial charge in [0.05, 0.1) is 35.5 Å². The van der Waals surface area contributed by atoms with E-state index < -0.39 is 4.92 Å². The Morgan fingerprint density at radius 2 is 2.03 bits per heavy atom. The molecule has 0 spiro atoms. The second-order valence-electron chi connectivity index (χ2n) is 6.98. The molecule has 0 unspecified atom stereocenters. The number of thiazole rings is 1. The van der Waals surface area contributed by atoms with Gasteiger partial charge >= 0.3 is 0 Å². The summed E-state index contributed by atoms with van der Waals surface area (Å²) >= 11 is 1.50. The lowest BCUT2D eigenvalue weighted by molar-refractivity contribution is -0.384. The fraction of sp³-hybridized carbons (Fsp3) is 0.300. The van der Waals surface area contributed by atoms with Gasteiger partial charge in [0, 0.05) is 49.6 Å². The van der Waals surface area contributed by atoms with Crippen molar-refractivity contribution >= 4 is 32.3 Å². The molecule has 1 aromatic carbocycles. The van der Waals surface area contributed by atoms with E-state index in [1.54, 1.807) is 18.3 Å². The van der Waals surface area contributed by atoms with Crippen LogP contribution in [0.25, 0.3) is 26.6 Å². The molecule has 0 radical (unpaired) electrons. The van der Waals surface area contributed by atoms with E-state index >= 15 is 0 Å². The second-order valence-corrected chi connectivity index (χ2v) is 7.94. The number of morpholine rings is 1. The summed E-state index contributed by atoms with van der Waals surface area (Å²) in [5.74, 6) is 0.723. The van der Waals surface area contributed by atoms with Gasteiger partial charge in [-0.2, -0.15) is 0 Å². The van der Waals surface area contributed by atoms with Crippen molar-refractivity contribution in [3.05, 3.63) is 52.8 Å². The molecule has 5 rings (SSSR count). The highest BCUT2D eigenvalue weighted by Crippen LogP contribution is 2.30. The smallest absolute Gasteiger partial charge is 0.269 e. The van der Waals surface area contributed by atoms with E-state index in [1.807, 2.05) is 16.7 Å². The Bertz CT molecular complexity index is 1200. The van der Waals surface area contributed by atoms with Crippen LogP contribution in [0.1, 0.15) is 0 Å². The highest BCUT2D eigenvalue weighted by atomic mass is 32.1. The van der Waals surface area contributed by atoms with Gasteiger partial charge in [0.1, 0.15) is 17.2 Å². The van der Waals surface area contributed by atoms with Crippen LogP contribution >= 0.6 is 11.3 Å². The number of non-ortho nitro benzene ring substituents is 1. The van der Waals surface area contributed by atoms with Gasteiger partial charge in [-0.05, 0) is 12.1 Å². The minimum Gasteiger partial charge on any atom is -0.491 e. The molecule has 0 bridgehead atoms. The molecule has 3 aromatic heterocycles. The van der Waals surface area contributed by atoms with Crippen LogP contribution in [-0.2, 0) is 4.74 Å². The zero-order chi connectivity index (χ0) is 20.5. The largest absolute Gasteiger partial charge is 0.491 e. The van der Waals surface area contributed by atoms with Gasteiger partial charge in [0.25, 0.3) is 5.69 Å². The van der Waals surface area contributed by atoms with Crippen molar-refractivity contribution in [2.24, 2.45) is 0 Å². The summed E-state index contributed by atoms with van der Waals surface area (Å²) in [5.41, 5.74) is 2.58. The van der Waals surface area contributed by atoms with E-state index in [4.69, 9.17) is 9.47 Å². The topological polar surface area (TPSA) is 95.0 Å². The Hall–Kier alpha value is -3.08. The fourth-order valence-corrected chi connectivity index (χ4v) is 4.39. The molecule has 4 heterocycles. The molecule has 9 nitrogen and oxygen atoms in total. The summed E-state index contributed by atoms with van der Waals surface area (Å²) in [5, 5.41) is 10.9. The quantitative estimate of drug-likeness (QED) is 0.346. The lowest BCUT2D eigenvalue weighted by atomic mass is 10.1. The average molecular weight is 425 g/mol. The number of fused-ring (bicyclic) bond motifs is 3. The zero-order valence-corrected chi connectivity index (χ0v) is 16.9. The van der Waals surface area contributed by atoms with E-state index in [0.29, 0.717) is 6.61 Å². The summed E-state index contributed by atoms with van der Waals surface area (Å²) in [6.07, 6.45) is 3.67. The van der Waals surface area contributed by atoms with Gasteiger partial charge < -0.3 is 9.47 Å². The Labute approximate surface area is 175 Å². The Morgan fingerprint density at radius 1 is 1.23 bits per heavy atom. The van der Waals surface area contributed by atoms with Crippen LogP contribution in [0, 0.1) is 10.1 Å². The number of ether oxygens (including phenoxy) is 2. The SMILES string of the molecule is O=[N+]([O-])c1ccc(-c2cn3c(n2)sc2ncc(OCCN4CCOCC4)cc23)cc1. The first-order valence-corrected chi connectivity index (χ1v) is 10.4. The van der Waals surface area contributed by atoms with Crippen LogP contribution in [0.5, 0.6) is 5.75 Å². The van der Waals surface area contributed by atoms with Crippen molar-refractivity contribution in [1.29, 1.82) is 0 Å². The third-order valence-electron chi connectivity index (χ3n) is 5.08. The zero-order valence-electron chi connectivity index (χ0n) is 16.1. The number of nitrogens with zero attached hydrogens (tertiary/aromatic N) is 5. The third-order valence-corrected chi connectivity index (χ3v) is 6.06. The molecule has 1 aliphatic heterocycles. The first kappa shape index (κ1) is 18.9. The number of hydrogen-bond acceptors (Lipinski definition) is 8. The highest BCUT2D eigenvalue weighted by molar-refractivity contribution is 7.23. The number of rotatable bonds is 6. The number of nitro groups is 1. The molecule has 0 amide bonds. The normalized spacial score (nSPS) is 15.1. The van der Waals surface area contributed by atoms with Crippen LogP contribution < -0.4 is 4.74 Å². The molecular formula is C20H19N5O4S. The molecule has 1 aliphatic rings. The molecule has 1 saturated heterocycles. The summed E-state index contributed by atoms with van der Waals surface area (Å²) in [7, 11) is 0. The lowest BCUT2D eigenvalue weighted by Gasteiger charge is -2.26. The van der Waals surface area contributed by atoms with Gasteiger partial charge in [-0.15, -0.1) is 0 Å². The van der Waals surface area contributed by atoms with Crippen molar-refractivity contribution in [3.63, 3.8) is 0 Å². The van der Waals surface area contributed by atoms with Crippen LogP contribution in [0.15, 0.2) is 42.7 Å². The summed E-state index contributed by atoms with van der Waals surface area (Å²) in [6.45, 7) is 4.88. The van der Waals surface area contributed by atoms with Gasteiger partial charge in [-0.1, -0.05) is 11.3 Å². The van der Waals surface area contributed by atoms with E-state index in [9.17, 15) is 10.1 Å². The molecule has 4 aromatic rings. The summed E-state index contributed by atoms with van der Waals surface area (Å²) in [4.78, 5) is 23.6. The third kappa shape index (κ3) is 3.72. The fourth-order valence-electron chi connectivity index (χ4n) is 3.46. The minimum absolute atomic E-state index is 0.0632. The molecule has 154 valence electrons. The molecule has 1 fully saturated rings. The first-order valence-electron chi connectivity index (χ1n) is 9.63. The van der Waals surface area contributed by atoms with Crippen molar-refractivity contribution in [2.75, 3.05) is 39.5 Å². The van der Waals surface area contributed by atoms with Gasteiger partial charge in [-0.25, -0.2) is 9.97 Å². The van der Waals surface area contributed by atoms with Gasteiger partial charge in [0.15, 0.2) is 4.96 Å². The Kier molecular flexibility index (Phi) is 5.03. The maximum absolute atomic E-state index is 10.9. The van der Waals surface area contributed by atoms with Crippen LogP contribution in [0.2, 0.25) is 0 Å². The van der Waals surface area contributed by atoms with Gasteiger partial charge in [-0.3, -0.25) is 19.4 Å². The number of benzene rings is 1. The van der Waals surface area contributed by atoms with Crippen molar-refractivity contribution < 1.29 is 14.4 Å². The molecular weight excluding hydrogens is 406 g/mol. The van der Waals surface area contributed by atoms with Crippen LogP contribution in [0.4, 0.5) is 5.69 Å². The molecule has 10 heteroatoms. The molecule has 0 aliphatic carbocycles. The van der Waals surface area contributed by atoms with Crippen molar-refractivity contribution in [2.45, 2.75) is 0 Å². The van der Waals surface area contributed by atoms with Crippen molar-refractivity contribution in [1.82, 2.24) is 19.3 Å². The second kappa shape index (κ2) is 7.98. The van der Waals surface area contributed by atoms with E-state index in [0.717, 1.165) is 65.2 Å². The highest BCUT2D eigenvalue weighted by Gasteiger charge is 2.14. The number of aromatic nitrogens is 3. The monoisotopic (exact) mass is 425 g/mol. The maximum Gasteiger partial charge on any atom is 0.269 e. The van der Waals surface area contributed by atoms with Crippen LogP contribution in [-0.4, -0.2) is 63.6 Å². The molecule has 0 N–H and O–H groups in total. The number of pyridine rings is 1. The number of nitro benzene ring substituents is 1. The number of hydrogen-bond donors (Lipinski definition) is 0. The van der Waals surface area contributed by atoms with E-state index in [-0.39, 0.29) is 5.69 Å². The van der Waals surface area contributed by atoms with Crippen LogP contribution in [0.3, 0.4) is 0 Å². The first-order chi connectivity index (χ1) is 14.7. The molecule has 30 heavy (non-hydrogen) atoms. The molecule has 0 saturated carbocycles. The predicted molar refractivity (Wildman–Crippen MR) is 113 cm³/mol. The van der Waals surface area contributed by atoms with E-state index in [2.05, 4.69) is 14.9 Å². The summed E-state index contributed by atoms with van der Waals surface area (Å²) < 4.78 is 13.3. The minimum atomic E-state index is -0.407. The number of imidazole rings is 1. The van der Waals surface area contributed by atoms with E-state index in [1.165, 1.54) is 23.5 Å². The predicted octanol–water partition coefficient (Wildman–Crippen LogP) is 3.23. The summed E-state index contributed by atoms with van der Waals surface area (Å²) in [6, 6.07) is 8.38. The Morgan fingerprint density at radius 3 is 2.80 bits per heavy atom. The maximum atomic E-state index is 10.9. The molecule has 0 atom stereocenters. The average Bonchev–Trinajstić information content (AvgIpc) is 3.33. The van der Waals surface area contributed by atoms with Gasteiger partial charge in [0.2, 0.25) is 0 Å². The standard InChI is InChI=1S/C20H19N5O4S/c26-25(27)15-3-1-14(2-4-15)17-13-24-18-11-16(12-21-19(18)30-20(24)22-17)29-10-7-23-5-8-28-9-6-23/h1-4,11-13H,5-10H2. The lowest BCUT2D eigenvalue weighted by Crippen LogP contribution is -2.38.